The maximum atomic E-state index is 11.4. The monoisotopic (exact) mass is 207 g/mol. The van der Waals surface area contributed by atoms with E-state index in [2.05, 4.69) is 0 Å². The molecule has 1 rings (SSSR count). The third-order valence-electron chi connectivity index (χ3n) is 2.38. The van der Waals surface area contributed by atoms with Gasteiger partial charge < -0.3 is 5.73 Å². The van der Waals surface area contributed by atoms with Crippen molar-refractivity contribution in [3.63, 3.8) is 0 Å². The molecule has 0 aromatic heterocycles. The first kappa shape index (κ1) is 11.7. The van der Waals surface area contributed by atoms with Gasteiger partial charge in [0.15, 0.2) is 0 Å². The van der Waals surface area contributed by atoms with E-state index in [1.807, 2.05) is 31.2 Å². The molecule has 0 aliphatic rings. The molecule has 0 saturated heterocycles. The third-order valence-corrected chi connectivity index (χ3v) is 2.38. The molecule has 4 N–H and O–H groups in total. The summed E-state index contributed by atoms with van der Waals surface area (Å²) in [5.74, 6) is 5.17. The second-order valence-electron chi connectivity index (χ2n) is 3.67. The number of nitrogens with two attached hydrogens (primary N) is 2. The van der Waals surface area contributed by atoms with Crippen molar-refractivity contribution < 1.29 is 4.79 Å². The molecular weight excluding hydrogens is 190 g/mol. The summed E-state index contributed by atoms with van der Waals surface area (Å²) < 4.78 is 0. The third kappa shape index (κ3) is 3.04. The zero-order chi connectivity index (χ0) is 11.4. The van der Waals surface area contributed by atoms with Gasteiger partial charge in [-0.05, 0) is 18.1 Å². The minimum absolute atomic E-state index is 0.161. The Morgan fingerprint density at radius 1 is 1.47 bits per heavy atom. The van der Waals surface area contributed by atoms with Crippen LogP contribution < -0.4 is 11.6 Å². The van der Waals surface area contributed by atoms with Crippen molar-refractivity contribution >= 4 is 5.91 Å². The molecule has 0 aliphatic heterocycles. The van der Waals surface area contributed by atoms with E-state index in [0.717, 1.165) is 16.1 Å². The summed E-state index contributed by atoms with van der Waals surface area (Å²) in [6, 6.07) is 7.49. The molecule has 1 aromatic carbocycles. The number of hydrogen-bond acceptors (Lipinski definition) is 3. The Morgan fingerprint density at radius 3 is 2.60 bits per heavy atom. The topological polar surface area (TPSA) is 72.4 Å². The van der Waals surface area contributed by atoms with Gasteiger partial charge in [0.05, 0.1) is 0 Å². The van der Waals surface area contributed by atoms with E-state index in [9.17, 15) is 4.79 Å². The van der Waals surface area contributed by atoms with Crippen LogP contribution in [0.15, 0.2) is 24.3 Å². The minimum atomic E-state index is -0.287. The van der Waals surface area contributed by atoms with Crippen LogP contribution >= 0.6 is 0 Å². The fourth-order valence-corrected chi connectivity index (χ4v) is 1.44. The van der Waals surface area contributed by atoms with E-state index in [1.54, 1.807) is 0 Å². The van der Waals surface area contributed by atoms with Gasteiger partial charge in [-0.25, -0.2) is 5.84 Å². The molecule has 0 radical (unpaired) electrons. The van der Waals surface area contributed by atoms with Crippen molar-refractivity contribution in [1.82, 2.24) is 5.01 Å². The standard InChI is InChI=1S/C11H17N3O/c1-8-5-3-4-6-9(8)10(12)7-11(15)14(2)13/h3-6,10H,7,12-13H2,1-2H3. The van der Waals surface area contributed by atoms with Crippen LogP contribution in [0.3, 0.4) is 0 Å². The minimum Gasteiger partial charge on any atom is -0.324 e. The SMILES string of the molecule is Cc1ccccc1C(N)CC(=O)N(C)N. The Morgan fingerprint density at radius 2 is 2.07 bits per heavy atom. The molecule has 0 spiro atoms. The highest BCUT2D eigenvalue weighted by atomic mass is 16.2. The predicted molar refractivity (Wildman–Crippen MR) is 59.7 cm³/mol. The molecule has 4 nitrogen and oxygen atoms in total. The fourth-order valence-electron chi connectivity index (χ4n) is 1.44. The molecule has 1 atom stereocenters. The number of benzene rings is 1. The average Bonchev–Trinajstić information content (AvgIpc) is 2.18. The quantitative estimate of drug-likeness (QED) is 0.436. The van der Waals surface area contributed by atoms with Crippen molar-refractivity contribution in [3.8, 4) is 0 Å². The average molecular weight is 207 g/mol. The summed E-state index contributed by atoms with van der Waals surface area (Å²) in [6.07, 6.45) is 0.234. The lowest BCUT2D eigenvalue weighted by molar-refractivity contribution is -0.130. The summed E-state index contributed by atoms with van der Waals surface area (Å²) in [6.45, 7) is 1.98. The molecule has 0 fully saturated rings. The van der Waals surface area contributed by atoms with Gasteiger partial charge in [-0.1, -0.05) is 24.3 Å². The molecule has 4 heteroatoms. The lowest BCUT2D eigenvalue weighted by atomic mass is 9.99. The zero-order valence-corrected chi connectivity index (χ0v) is 9.10. The summed E-state index contributed by atoms with van der Waals surface area (Å²) in [7, 11) is 1.52. The van der Waals surface area contributed by atoms with E-state index in [1.165, 1.54) is 7.05 Å². The smallest absolute Gasteiger partial charge is 0.238 e. The first-order chi connectivity index (χ1) is 7.02. The van der Waals surface area contributed by atoms with Crippen LogP contribution in [0.25, 0.3) is 0 Å². The molecule has 0 aliphatic carbocycles. The largest absolute Gasteiger partial charge is 0.324 e. The highest BCUT2D eigenvalue weighted by Crippen LogP contribution is 2.18. The summed E-state index contributed by atoms with van der Waals surface area (Å²) in [5, 5.41) is 1.07. The number of nitrogens with zero attached hydrogens (tertiary/aromatic N) is 1. The first-order valence-corrected chi connectivity index (χ1v) is 4.84. The van der Waals surface area contributed by atoms with E-state index in [4.69, 9.17) is 11.6 Å². The number of hydrazine groups is 1. The number of carbonyl (C=O) groups is 1. The second kappa shape index (κ2) is 4.91. The molecule has 82 valence electrons. The lowest BCUT2D eigenvalue weighted by Crippen LogP contribution is -2.35. The highest BCUT2D eigenvalue weighted by Gasteiger charge is 2.14. The van der Waals surface area contributed by atoms with Crippen LogP contribution in [-0.4, -0.2) is 18.0 Å². The fraction of sp³-hybridized carbons (Fsp3) is 0.364. The molecule has 1 aromatic rings. The Bertz CT molecular complexity index is 349. The predicted octanol–water partition coefficient (Wildman–Crippen LogP) is 0.717. The van der Waals surface area contributed by atoms with Gasteiger partial charge in [-0.2, -0.15) is 0 Å². The zero-order valence-electron chi connectivity index (χ0n) is 9.10. The molecule has 15 heavy (non-hydrogen) atoms. The number of rotatable bonds is 3. The molecule has 0 heterocycles. The normalized spacial score (nSPS) is 12.3. The highest BCUT2D eigenvalue weighted by molar-refractivity contribution is 5.76. The summed E-state index contributed by atoms with van der Waals surface area (Å²) in [4.78, 5) is 11.4. The van der Waals surface area contributed by atoms with Crippen LogP contribution in [0.2, 0.25) is 0 Å². The number of amides is 1. The van der Waals surface area contributed by atoms with E-state index < -0.39 is 0 Å². The Labute approximate surface area is 89.8 Å². The molecule has 0 saturated carbocycles. The van der Waals surface area contributed by atoms with Gasteiger partial charge in [0.25, 0.3) is 0 Å². The van der Waals surface area contributed by atoms with E-state index >= 15 is 0 Å². The Hall–Kier alpha value is -1.39. The molecule has 0 bridgehead atoms. The van der Waals surface area contributed by atoms with Crippen LogP contribution in [-0.2, 0) is 4.79 Å². The van der Waals surface area contributed by atoms with Gasteiger partial charge in [-0.15, -0.1) is 0 Å². The van der Waals surface area contributed by atoms with Gasteiger partial charge in [0, 0.05) is 19.5 Å². The number of hydrogen-bond donors (Lipinski definition) is 2. The van der Waals surface area contributed by atoms with Crippen molar-refractivity contribution in [3.05, 3.63) is 35.4 Å². The van der Waals surface area contributed by atoms with Crippen LogP contribution in [0, 0.1) is 6.92 Å². The van der Waals surface area contributed by atoms with E-state index in [-0.39, 0.29) is 18.4 Å². The lowest BCUT2D eigenvalue weighted by Gasteiger charge is -2.16. The first-order valence-electron chi connectivity index (χ1n) is 4.84. The molecule has 1 unspecified atom stereocenters. The van der Waals surface area contributed by atoms with Crippen LogP contribution in [0.5, 0.6) is 0 Å². The van der Waals surface area contributed by atoms with Crippen molar-refractivity contribution in [1.29, 1.82) is 0 Å². The Balaban J connectivity index is 2.73. The summed E-state index contributed by atoms with van der Waals surface area (Å²) in [5.41, 5.74) is 8.02. The second-order valence-corrected chi connectivity index (χ2v) is 3.67. The van der Waals surface area contributed by atoms with Crippen molar-refractivity contribution in [2.45, 2.75) is 19.4 Å². The molecular formula is C11H17N3O. The summed E-state index contributed by atoms with van der Waals surface area (Å²) >= 11 is 0. The van der Waals surface area contributed by atoms with Gasteiger partial charge in [-0.3, -0.25) is 9.80 Å². The van der Waals surface area contributed by atoms with Gasteiger partial charge in [0.1, 0.15) is 0 Å². The van der Waals surface area contributed by atoms with Gasteiger partial charge in [0.2, 0.25) is 5.91 Å². The maximum absolute atomic E-state index is 11.4. The van der Waals surface area contributed by atoms with E-state index in [0.29, 0.717) is 0 Å². The maximum Gasteiger partial charge on any atom is 0.238 e. The van der Waals surface area contributed by atoms with Crippen molar-refractivity contribution in [2.75, 3.05) is 7.05 Å². The Kier molecular flexibility index (Phi) is 3.82. The number of aryl methyl sites for hydroxylation is 1. The molecule has 1 amide bonds. The van der Waals surface area contributed by atoms with Gasteiger partial charge >= 0.3 is 0 Å². The van der Waals surface area contributed by atoms with Crippen LogP contribution in [0.4, 0.5) is 0 Å². The van der Waals surface area contributed by atoms with Crippen molar-refractivity contribution in [2.24, 2.45) is 11.6 Å². The van der Waals surface area contributed by atoms with Crippen LogP contribution in [0.1, 0.15) is 23.6 Å². The number of carbonyl (C=O) groups excluding carboxylic acids is 1.